The Morgan fingerprint density at radius 2 is 1.59 bits per heavy atom. The first-order chi connectivity index (χ1) is 12.8. The average Bonchev–Trinajstić information content (AvgIpc) is 2.88. The van der Waals surface area contributed by atoms with E-state index in [0.29, 0.717) is 23.0 Å². The zero-order chi connectivity index (χ0) is 19.6. The minimum Gasteiger partial charge on any atom is -0.337 e. The number of carbonyl (C=O) groups excluding carboxylic acids is 1. The number of sulfonamides is 1. The summed E-state index contributed by atoms with van der Waals surface area (Å²) in [4.78, 5) is 14.3. The van der Waals surface area contributed by atoms with Gasteiger partial charge in [-0.2, -0.15) is 4.31 Å². The van der Waals surface area contributed by atoms with E-state index in [1.165, 1.54) is 34.6 Å². The lowest BCUT2D eigenvalue weighted by Crippen LogP contribution is -2.37. The Hall–Kier alpha value is -1.84. The van der Waals surface area contributed by atoms with Crippen molar-refractivity contribution in [2.24, 2.45) is 0 Å². The predicted molar refractivity (Wildman–Crippen MR) is 99.8 cm³/mol. The van der Waals surface area contributed by atoms with E-state index in [-0.39, 0.29) is 30.4 Å². The van der Waals surface area contributed by atoms with Gasteiger partial charge in [-0.25, -0.2) is 17.2 Å². The molecule has 144 valence electrons. The quantitative estimate of drug-likeness (QED) is 0.708. The molecule has 2 aromatic carbocycles. The maximum atomic E-state index is 13.2. The summed E-state index contributed by atoms with van der Waals surface area (Å²) in [6.07, 6.45) is 0.463. The molecule has 1 aliphatic rings. The van der Waals surface area contributed by atoms with E-state index in [9.17, 15) is 22.0 Å². The molecule has 2 aromatic rings. The Labute approximate surface area is 164 Å². The molecule has 0 aliphatic carbocycles. The third kappa shape index (κ3) is 4.36. The smallest absolute Gasteiger partial charge is 0.255 e. The van der Waals surface area contributed by atoms with E-state index < -0.39 is 21.7 Å². The van der Waals surface area contributed by atoms with Gasteiger partial charge in [-0.3, -0.25) is 4.79 Å². The highest BCUT2D eigenvalue weighted by atomic mass is 79.9. The van der Waals surface area contributed by atoms with Crippen molar-refractivity contribution in [1.82, 2.24) is 9.21 Å². The highest BCUT2D eigenvalue weighted by Gasteiger charge is 2.29. The largest absolute Gasteiger partial charge is 0.337 e. The number of benzene rings is 2. The van der Waals surface area contributed by atoms with Gasteiger partial charge in [0.15, 0.2) is 0 Å². The SMILES string of the molecule is O=C(c1ccc(F)cc1Br)N1CCCN(S(=O)(=O)c2ccc(F)cc2)CC1. The molecule has 5 nitrogen and oxygen atoms in total. The van der Waals surface area contributed by atoms with Crippen molar-refractivity contribution < 1.29 is 22.0 Å². The van der Waals surface area contributed by atoms with Gasteiger partial charge in [0.1, 0.15) is 11.6 Å². The lowest BCUT2D eigenvalue weighted by Gasteiger charge is -2.22. The molecule has 1 amide bonds. The predicted octanol–water partition coefficient (Wildman–Crippen LogP) is 3.26. The number of amides is 1. The average molecular weight is 459 g/mol. The van der Waals surface area contributed by atoms with Crippen molar-refractivity contribution in [3.05, 3.63) is 64.1 Å². The van der Waals surface area contributed by atoms with Crippen LogP contribution in [0.3, 0.4) is 0 Å². The monoisotopic (exact) mass is 458 g/mol. The van der Waals surface area contributed by atoms with E-state index in [1.807, 2.05) is 0 Å². The van der Waals surface area contributed by atoms with Gasteiger partial charge >= 0.3 is 0 Å². The number of nitrogens with zero attached hydrogens (tertiary/aromatic N) is 2. The van der Waals surface area contributed by atoms with Gasteiger partial charge in [0.25, 0.3) is 5.91 Å². The van der Waals surface area contributed by atoms with Crippen LogP contribution in [0.2, 0.25) is 0 Å². The Kier molecular flexibility index (Phi) is 5.92. The Morgan fingerprint density at radius 3 is 2.26 bits per heavy atom. The van der Waals surface area contributed by atoms with Crippen LogP contribution in [0.4, 0.5) is 8.78 Å². The second-order valence-corrected chi connectivity index (χ2v) is 8.92. The molecule has 0 aromatic heterocycles. The molecule has 1 saturated heterocycles. The van der Waals surface area contributed by atoms with E-state index in [2.05, 4.69) is 15.9 Å². The summed E-state index contributed by atoms with van der Waals surface area (Å²) in [6, 6.07) is 8.50. The Morgan fingerprint density at radius 1 is 0.926 bits per heavy atom. The van der Waals surface area contributed by atoms with Gasteiger partial charge in [0.2, 0.25) is 10.0 Å². The molecular formula is C18H17BrF2N2O3S. The van der Waals surface area contributed by atoms with Crippen LogP contribution in [-0.4, -0.2) is 49.7 Å². The molecule has 0 N–H and O–H groups in total. The zero-order valence-electron chi connectivity index (χ0n) is 14.2. The highest BCUT2D eigenvalue weighted by Crippen LogP contribution is 2.22. The standard InChI is InChI=1S/C18H17BrF2N2O3S/c19-17-12-14(21)4-7-16(17)18(24)22-8-1-9-23(11-10-22)27(25,26)15-5-2-13(20)3-6-15/h2-7,12H,1,8-11H2. The van der Waals surface area contributed by atoms with E-state index in [0.717, 1.165) is 12.1 Å². The first kappa shape index (κ1) is 19.9. The van der Waals surface area contributed by atoms with Crippen LogP contribution < -0.4 is 0 Å². The molecule has 1 fully saturated rings. The van der Waals surface area contributed by atoms with Gasteiger partial charge in [0, 0.05) is 30.7 Å². The number of rotatable bonds is 3. The summed E-state index contributed by atoms with van der Waals surface area (Å²) < 4.78 is 53.4. The van der Waals surface area contributed by atoms with Crippen molar-refractivity contribution in [2.45, 2.75) is 11.3 Å². The van der Waals surface area contributed by atoms with E-state index >= 15 is 0 Å². The summed E-state index contributed by atoms with van der Waals surface area (Å²) in [5, 5.41) is 0. The second kappa shape index (κ2) is 8.04. The van der Waals surface area contributed by atoms with Crippen molar-refractivity contribution in [3.8, 4) is 0 Å². The number of carbonyl (C=O) groups is 1. The topological polar surface area (TPSA) is 57.7 Å². The van der Waals surface area contributed by atoms with Gasteiger partial charge in [-0.05, 0) is 64.8 Å². The Bertz CT molecular complexity index is 952. The fraction of sp³-hybridized carbons (Fsp3) is 0.278. The molecule has 3 rings (SSSR count). The van der Waals surface area contributed by atoms with Gasteiger partial charge in [-0.1, -0.05) is 0 Å². The fourth-order valence-corrected chi connectivity index (χ4v) is 4.92. The van der Waals surface area contributed by atoms with Gasteiger partial charge < -0.3 is 4.90 Å². The summed E-state index contributed by atoms with van der Waals surface area (Å²) in [6.45, 7) is 0.986. The van der Waals surface area contributed by atoms with Crippen LogP contribution in [0.1, 0.15) is 16.8 Å². The van der Waals surface area contributed by atoms with Crippen molar-refractivity contribution >= 4 is 31.9 Å². The summed E-state index contributed by atoms with van der Waals surface area (Å²) in [5.41, 5.74) is 0.325. The first-order valence-corrected chi connectivity index (χ1v) is 10.5. The maximum absolute atomic E-state index is 13.2. The maximum Gasteiger partial charge on any atom is 0.255 e. The summed E-state index contributed by atoms with van der Waals surface area (Å²) in [7, 11) is -3.76. The molecule has 0 bridgehead atoms. The van der Waals surface area contributed by atoms with Crippen LogP contribution >= 0.6 is 15.9 Å². The third-order valence-electron chi connectivity index (χ3n) is 4.36. The Balaban J connectivity index is 1.75. The third-order valence-corrected chi connectivity index (χ3v) is 6.92. The normalized spacial score (nSPS) is 16.2. The van der Waals surface area contributed by atoms with Crippen LogP contribution in [0.15, 0.2) is 51.8 Å². The lowest BCUT2D eigenvalue weighted by atomic mass is 10.2. The molecule has 1 heterocycles. The molecule has 0 radical (unpaired) electrons. The minimum atomic E-state index is -3.76. The molecule has 0 saturated carbocycles. The van der Waals surface area contributed by atoms with Crippen molar-refractivity contribution in [3.63, 3.8) is 0 Å². The van der Waals surface area contributed by atoms with Crippen molar-refractivity contribution in [1.29, 1.82) is 0 Å². The van der Waals surface area contributed by atoms with Gasteiger partial charge in [-0.15, -0.1) is 0 Å². The minimum absolute atomic E-state index is 0.0185. The van der Waals surface area contributed by atoms with E-state index in [1.54, 1.807) is 4.90 Å². The lowest BCUT2D eigenvalue weighted by molar-refractivity contribution is 0.0763. The molecule has 9 heteroatoms. The van der Waals surface area contributed by atoms with E-state index in [4.69, 9.17) is 0 Å². The van der Waals surface area contributed by atoms with Crippen LogP contribution in [-0.2, 0) is 10.0 Å². The van der Waals surface area contributed by atoms with Gasteiger partial charge in [0.05, 0.1) is 10.5 Å². The molecule has 27 heavy (non-hydrogen) atoms. The molecular weight excluding hydrogens is 442 g/mol. The molecule has 0 spiro atoms. The zero-order valence-corrected chi connectivity index (χ0v) is 16.6. The van der Waals surface area contributed by atoms with Crippen LogP contribution in [0.5, 0.6) is 0 Å². The van der Waals surface area contributed by atoms with Crippen LogP contribution in [0, 0.1) is 11.6 Å². The molecule has 0 atom stereocenters. The second-order valence-electron chi connectivity index (χ2n) is 6.13. The number of halogens is 3. The summed E-state index contributed by atoms with van der Waals surface area (Å²) in [5.74, 6) is -1.25. The van der Waals surface area contributed by atoms with Crippen LogP contribution in [0.25, 0.3) is 0 Å². The van der Waals surface area contributed by atoms with Crippen molar-refractivity contribution in [2.75, 3.05) is 26.2 Å². The summed E-state index contributed by atoms with van der Waals surface area (Å²) >= 11 is 3.19. The first-order valence-electron chi connectivity index (χ1n) is 8.29. The number of hydrogen-bond acceptors (Lipinski definition) is 3. The number of hydrogen-bond donors (Lipinski definition) is 0. The highest BCUT2D eigenvalue weighted by molar-refractivity contribution is 9.10. The molecule has 0 unspecified atom stereocenters. The fourth-order valence-electron chi connectivity index (χ4n) is 2.93. The molecule has 1 aliphatic heterocycles.